The highest BCUT2D eigenvalue weighted by molar-refractivity contribution is 9.13. The Morgan fingerprint density at radius 3 is 2.80 bits per heavy atom. The third-order valence-corrected chi connectivity index (χ3v) is 6.52. The van der Waals surface area contributed by atoms with Crippen LogP contribution in [0.4, 0.5) is 5.69 Å². The van der Waals surface area contributed by atoms with Crippen LogP contribution in [0, 0.1) is 0 Å². The van der Waals surface area contributed by atoms with Gasteiger partial charge in [-0.3, -0.25) is 4.99 Å². The van der Waals surface area contributed by atoms with Gasteiger partial charge in [0.05, 0.1) is 17.9 Å². The first-order chi connectivity index (χ1) is 14.5. The smallest absolute Gasteiger partial charge is 0.227 e. The minimum atomic E-state index is 0.0152. The molecule has 30 heavy (non-hydrogen) atoms. The van der Waals surface area contributed by atoms with Crippen LogP contribution in [0.3, 0.4) is 0 Å². The molecule has 0 aliphatic rings. The van der Waals surface area contributed by atoms with Crippen LogP contribution in [-0.2, 0) is 0 Å². The molecule has 4 rings (SSSR count). The Morgan fingerprint density at radius 2 is 2.03 bits per heavy atom. The highest BCUT2D eigenvalue weighted by Gasteiger charge is 2.15. The number of rotatable bonds is 5. The summed E-state index contributed by atoms with van der Waals surface area (Å²) in [6.45, 7) is 2.30. The lowest BCUT2D eigenvalue weighted by Crippen LogP contribution is -1.95. The maximum absolute atomic E-state index is 10.5. The summed E-state index contributed by atoms with van der Waals surface area (Å²) in [5, 5.41) is 11.1. The van der Waals surface area contributed by atoms with Gasteiger partial charge in [-0.05, 0) is 81.2 Å². The largest absolute Gasteiger partial charge is 0.504 e. The van der Waals surface area contributed by atoms with Crippen LogP contribution in [0.25, 0.3) is 22.6 Å². The van der Waals surface area contributed by atoms with Crippen molar-refractivity contribution in [1.29, 1.82) is 0 Å². The number of nitrogens with zero attached hydrogens (tertiary/aromatic N) is 2. The van der Waals surface area contributed by atoms with Gasteiger partial charge in [-0.2, -0.15) is 0 Å². The highest BCUT2D eigenvalue weighted by atomic mass is 79.9. The topological polar surface area (TPSA) is 67.9 Å². The predicted molar refractivity (Wildman–Crippen MR) is 126 cm³/mol. The summed E-state index contributed by atoms with van der Waals surface area (Å²) in [5.74, 6) is 0.885. The molecular weight excluding hydrogens is 536 g/mol. The molecule has 152 valence electrons. The van der Waals surface area contributed by atoms with Crippen molar-refractivity contribution in [2.45, 2.75) is 6.92 Å². The van der Waals surface area contributed by atoms with E-state index in [-0.39, 0.29) is 5.75 Å². The Balaban J connectivity index is 1.69. The zero-order chi connectivity index (χ0) is 21.3. The molecule has 0 spiro atoms. The van der Waals surface area contributed by atoms with Crippen molar-refractivity contribution in [3.63, 3.8) is 0 Å². The van der Waals surface area contributed by atoms with E-state index in [2.05, 4.69) is 41.8 Å². The summed E-state index contributed by atoms with van der Waals surface area (Å²) in [4.78, 5) is 9.03. The van der Waals surface area contributed by atoms with E-state index in [1.807, 2.05) is 37.3 Å². The summed E-state index contributed by atoms with van der Waals surface area (Å²) in [5.41, 5.74) is 3.29. The molecule has 4 aromatic rings. The first-order valence-electron chi connectivity index (χ1n) is 9.00. The van der Waals surface area contributed by atoms with E-state index < -0.39 is 0 Å². The average molecular weight is 551 g/mol. The lowest BCUT2D eigenvalue weighted by molar-refractivity contribution is 0.317. The zero-order valence-corrected chi connectivity index (χ0v) is 19.6. The number of phenolic OH excluding ortho intramolecular Hbond substituents is 1. The Hall–Kier alpha value is -2.35. The second-order valence-electron chi connectivity index (χ2n) is 6.31. The summed E-state index contributed by atoms with van der Waals surface area (Å²) in [6.07, 6.45) is 1.58. The molecule has 0 saturated carbocycles. The van der Waals surface area contributed by atoms with Crippen molar-refractivity contribution >= 4 is 66.5 Å². The maximum atomic E-state index is 10.5. The van der Waals surface area contributed by atoms with E-state index in [1.165, 1.54) is 0 Å². The SMILES string of the molecule is CCOc1cc(Br)c(Br)c(C=Nc2ccc3oc(-c4cccc(Cl)c4)nc3c2)c1O. The lowest BCUT2D eigenvalue weighted by atomic mass is 10.2. The molecule has 3 aromatic carbocycles. The number of oxazole rings is 1. The second kappa shape index (κ2) is 8.79. The van der Waals surface area contributed by atoms with Crippen LogP contribution in [0.15, 0.2) is 66.9 Å². The minimum absolute atomic E-state index is 0.0152. The molecule has 1 aromatic heterocycles. The van der Waals surface area contributed by atoms with Crippen LogP contribution in [0.2, 0.25) is 5.02 Å². The fourth-order valence-corrected chi connectivity index (χ4v) is 3.89. The Morgan fingerprint density at radius 1 is 1.20 bits per heavy atom. The molecule has 5 nitrogen and oxygen atoms in total. The second-order valence-corrected chi connectivity index (χ2v) is 8.39. The minimum Gasteiger partial charge on any atom is -0.504 e. The van der Waals surface area contributed by atoms with E-state index >= 15 is 0 Å². The molecule has 0 bridgehead atoms. The van der Waals surface area contributed by atoms with Crippen LogP contribution in [-0.4, -0.2) is 22.9 Å². The molecule has 0 fully saturated rings. The van der Waals surface area contributed by atoms with Gasteiger partial charge < -0.3 is 14.3 Å². The van der Waals surface area contributed by atoms with Crippen molar-refractivity contribution in [1.82, 2.24) is 4.98 Å². The first-order valence-corrected chi connectivity index (χ1v) is 11.0. The first kappa shape index (κ1) is 20.9. The molecule has 0 aliphatic heterocycles. The van der Waals surface area contributed by atoms with Crippen molar-refractivity contribution in [3.8, 4) is 23.0 Å². The van der Waals surface area contributed by atoms with Gasteiger partial charge in [0.1, 0.15) is 5.52 Å². The van der Waals surface area contributed by atoms with Crippen molar-refractivity contribution in [2.75, 3.05) is 6.61 Å². The van der Waals surface area contributed by atoms with Crippen LogP contribution < -0.4 is 4.74 Å². The third-order valence-electron chi connectivity index (χ3n) is 4.28. The molecule has 0 radical (unpaired) electrons. The van der Waals surface area contributed by atoms with Gasteiger partial charge in [0.2, 0.25) is 5.89 Å². The highest BCUT2D eigenvalue weighted by Crippen LogP contribution is 2.40. The van der Waals surface area contributed by atoms with Gasteiger partial charge in [-0.25, -0.2) is 4.98 Å². The number of halogens is 3. The lowest BCUT2D eigenvalue weighted by Gasteiger charge is -2.11. The van der Waals surface area contributed by atoms with Gasteiger partial charge >= 0.3 is 0 Å². The number of aromatic nitrogens is 1. The van der Waals surface area contributed by atoms with Crippen molar-refractivity contribution < 1.29 is 14.3 Å². The molecule has 0 saturated heterocycles. The molecule has 0 atom stereocenters. The van der Waals surface area contributed by atoms with E-state index in [0.29, 0.717) is 50.1 Å². The number of benzene rings is 3. The number of fused-ring (bicyclic) bond motifs is 1. The molecule has 0 amide bonds. The zero-order valence-electron chi connectivity index (χ0n) is 15.7. The summed E-state index contributed by atoms with van der Waals surface area (Å²) in [6, 6.07) is 14.5. The number of aromatic hydroxyl groups is 1. The summed E-state index contributed by atoms with van der Waals surface area (Å²) in [7, 11) is 0. The van der Waals surface area contributed by atoms with E-state index in [9.17, 15) is 5.11 Å². The molecule has 1 heterocycles. The van der Waals surface area contributed by atoms with Gasteiger partial charge in [0, 0.05) is 25.7 Å². The van der Waals surface area contributed by atoms with Crippen molar-refractivity contribution in [3.05, 3.63) is 68.1 Å². The molecular formula is C22H15Br2ClN2O3. The fraction of sp³-hybridized carbons (Fsp3) is 0.0909. The number of ether oxygens (including phenoxy) is 1. The average Bonchev–Trinajstić information content (AvgIpc) is 3.16. The van der Waals surface area contributed by atoms with Crippen molar-refractivity contribution in [2.24, 2.45) is 4.99 Å². The molecule has 0 unspecified atom stereocenters. The monoisotopic (exact) mass is 548 g/mol. The van der Waals surface area contributed by atoms with E-state index in [4.69, 9.17) is 20.8 Å². The van der Waals surface area contributed by atoms with Gasteiger partial charge in [-0.15, -0.1) is 0 Å². The fourth-order valence-electron chi connectivity index (χ4n) is 2.88. The van der Waals surface area contributed by atoms with E-state index in [1.54, 1.807) is 24.4 Å². The normalized spacial score (nSPS) is 11.5. The summed E-state index contributed by atoms with van der Waals surface area (Å²) < 4.78 is 12.7. The van der Waals surface area contributed by atoms with Gasteiger partial charge in [0.25, 0.3) is 0 Å². The number of aliphatic imine (C=N–C) groups is 1. The Labute approximate surface area is 194 Å². The quantitative estimate of drug-likeness (QED) is 0.261. The van der Waals surface area contributed by atoms with Gasteiger partial charge in [0.15, 0.2) is 17.1 Å². The Bertz CT molecular complexity index is 1270. The third kappa shape index (κ3) is 4.24. The molecule has 1 N–H and O–H groups in total. The van der Waals surface area contributed by atoms with Crippen LogP contribution in [0.1, 0.15) is 12.5 Å². The predicted octanol–water partition coefficient (Wildman–Crippen LogP) is 7.53. The molecule has 0 aliphatic carbocycles. The maximum Gasteiger partial charge on any atom is 0.227 e. The number of hydrogen-bond donors (Lipinski definition) is 1. The van der Waals surface area contributed by atoms with Crippen LogP contribution >= 0.6 is 43.5 Å². The van der Waals surface area contributed by atoms with Gasteiger partial charge in [-0.1, -0.05) is 17.7 Å². The summed E-state index contributed by atoms with van der Waals surface area (Å²) >= 11 is 13.0. The number of phenols is 1. The number of hydrogen-bond acceptors (Lipinski definition) is 5. The van der Waals surface area contributed by atoms with E-state index in [0.717, 1.165) is 10.0 Å². The molecule has 8 heteroatoms. The standard InChI is InChI=1S/C22H15Br2ClN2O3/c1-2-29-19-10-16(23)20(24)15(21(19)28)11-26-14-6-7-18-17(9-14)27-22(30-18)12-4-3-5-13(25)8-12/h3-11,28H,2H2,1H3. The Kier molecular flexibility index (Phi) is 6.13. The van der Waals surface area contributed by atoms with Crippen LogP contribution in [0.5, 0.6) is 11.5 Å².